The lowest BCUT2D eigenvalue weighted by Crippen LogP contribution is -1.99. The molecule has 4 heteroatoms. The molecule has 3 rings (SSSR count). The third-order valence-corrected chi connectivity index (χ3v) is 3.37. The van der Waals surface area contributed by atoms with Gasteiger partial charge < -0.3 is 0 Å². The van der Waals surface area contributed by atoms with Crippen LogP contribution in [0.2, 0.25) is 0 Å². The van der Waals surface area contributed by atoms with Crippen LogP contribution in [0.4, 0.5) is 4.39 Å². The zero-order chi connectivity index (χ0) is 15.5. The zero-order valence-corrected chi connectivity index (χ0v) is 12.3. The minimum Gasteiger partial charge on any atom is -0.300 e. The molecule has 2 heterocycles. The second-order valence-electron chi connectivity index (χ2n) is 4.89. The van der Waals surface area contributed by atoms with Gasteiger partial charge in [-0.2, -0.15) is 0 Å². The van der Waals surface area contributed by atoms with Crippen LogP contribution < -0.4 is 0 Å². The van der Waals surface area contributed by atoms with Gasteiger partial charge in [-0.1, -0.05) is 5.92 Å². The van der Waals surface area contributed by atoms with Crippen molar-refractivity contribution in [3.8, 4) is 17.5 Å². The average Bonchev–Trinajstić information content (AvgIpc) is 2.82. The molecule has 0 spiro atoms. The Kier molecular flexibility index (Phi) is 3.71. The minimum absolute atomic E-state index is 0.253. The lowest BCUT2D eigenvalue weighted by atomic mass is 10.2. The summed E-state index contributed by atoms with van der Waals surface area (Å²) < 4.78 is 15.0. The Bertz CT molecular complexity index is 853. The first-order valence-electron chi connectivity index (χ1n) is 6.89. The Balaban J connectivity index is 2.01. The summed E-state index contributed by atoms with van der Waals surface area (Å²) >= 11 is 0. The van der Waals surface area contributed by atoms with Crippen LogP contribution in [-0.4, -0.2) is 14.5 Å². The van der Waals surface area contributed by atoms with Crippen LogP contribution in [0.25, 0.3) is 5.69 Å². The highest BCUT2D eigenvalue weighted by atomic mass is 19.1. The van der Waals surface area contributed by atoms with E-state index in [-0.39, 0.29) is 5.82 Å². The molecular formula is C18H14FN3. The van der Waals surface area contributed by atoms with Crippen LogP contribution >= 0.6 is 0 Å². The number of aromatic nitrogens is 3. The number of hydrogen-bond acceptors (Lipinski definition) is 2. The fourth-order valence-electron chi connectivity index (χ4n) is 2.30. The molecular weight excluding hydrogens is 277 g/mol. The standard InChI is InChI=1S/C18H14FN3/c1-13-18(8-3-15-9-11-20-12-10-15)21-14(2)22(13)17-6-4-16(19)5-7-17/h4-7,9-12H,1-2H3. The highest BCUT2D eigenvalue weighted by Gasteiger charge is 2.10. The number of aryl methyl sites for hydroxylation is 1. The smallest absolute Gasteiger partial charge is 0.135 e. The van der Waals surface area contributed by atoms with Gasteiger partial charge in [-0.05, 0) is 56.2 Å². The molecule has 0 aliphatic rings. The first-order chi connectivity index (χ1) is 10.6. The minimum atomic E-state index is -0.253. The predicted octanol–water partition coefficient (Wildman–Crippen LogP) is 3.42. The molecule has 0 saturated heterocycles. The first-order valence-corrected chi connectivity index (χ1v) is 6.89. The molecule has 108 valence electrons. The van der Waals surface area contributed by atoms with Crippen molar-refractivity contribution in [2.24, 2.45) is 0 Å². The maximum Gasteiger partial charge on any atom is 0.135 e. The highest BCUT2D eigenvalue weighted by Crippen LogP contribution is 2.17. The van der Waals surface area contributed by atoms with Gasteiger partial charge >= 0.3 is 0 Å². The van der Waals surface area contributed by atoms with Crippen molar-refractivity contribution >= 4 is 0 Å². The Morgan fingerprint density at radius 2 is 1.64 bits per heavy atom. The molecule has 1 aromatic carbocycles. The van der Waals surface area contributed by atoms with Crippen molar-refractivity contribution in [1.29, 1.82) is 0 Å². The summed E-state index contributed by atoms with van der Waals surface area (Å²) in [5.74, 6) is 6.73. The summed E-state index contributed by atoms with van der Waals surface area (Å²) in [5, 5.41) is 0. The summed E-state index contributed by atoms with van der Waals surface area (Å²) in [6.07, 6.45) is 3.42. The molecule has 0 atom stereocenters. The van der Waals surface area contributed by atoms with Gasteiger partial charge in [0.2, 0.25) is 0 Å². The Labute approximate surface area is 128 Å². The van der Waals surface area contributed by atoms with Gasteiger partial charge in [0.25, 0.3) is 0 Å². The summed E-state index contributed by atoms with van der Waals surface area (Å²) in [4.78, 5) is 8.47. The molecule has 3 nitrogen and oxygen atoms in total. The van der Waals surface area contributed by atoms with E-state index in [9.17, 15) is 4.39 Å². The number of halogens is 1. The molecule has 0 fully saturated rings. The van der Waals surface area contributed by atoms with Gasteiger partial charge in [-0.25, -0.2) is 9.37 Å². The van der Waals surface area contributed by atoms with E-state index in [1.54, 1.807) is 24.5 Å². The topological polar surface area (TPSA) is 30.7 Å². The maximum atomic E-state index is 13.1. The van der Waals surface area contributed by atoms with Crippen LogP contribution in [0.15, 0.2) is 48.8 Å². The van der Waals surface area contributed by atoms with Crippen LogP contribution in [0, 0.1) is 31.5 Å². The van der Waals surface area contributed by atoms with Crippen LogP contribution in [-0.2, 0) is 0 Å². The van der Waals surface area contributed by atoms with Crippen molar-refractivity contribution in [3.05, 3.63) is 77.4 Å². The summed E-state index contributed by atoms with van der Waals surface area (Å²) in [6, 6.07) is 10.1. The monoisotopic (exact) mass is 291 g/mol. The molecule has 0 aliphatic carbocycles. The number of imidazole rings is 1. The fraction of sp³-hybridized carbons (Fsp3) is 0.111. The van der Waals surface area contributed by atoms with Crippen LogP contribution in [0.5, 0.6) is 0 Å². The van der Waals surface area contributed by atoms with E-state index in [1.807, 2.05) is 30.5 Å². The fourth-order valence-corrected chi connectivity index (χ4v) is 2.30. The van der Waals surface area contributed by atoms with Crippen molar-refractivity contribution in [3.63, 3.8) is 0 Å². The second-order valence-corrected chi connectivity index (χ2v) is 4.89. The summed E-state index contributed by atoms with van der Waals surface area (Å²) in [6.45, 7) is 3.87. The van der Waals surface area contributed by atoms with E-state index >= 15 is 0 Å². The average molecular weight is 291 g/mol. The molecule has 0 saturated carbocycles. The van der Waals surface area contributed by atoms with Crippen molar-refractivity contribution < 1.29 is 4.39 Å². The Morgan fingerprint density at radius 3 is 2.32 bits per heavy atom. The summed E-state index contributed by atoms with van der Waals surface area (Å²) in [5.41, 5.74) is 3.42. The lowest BCUT2D eigenvalue weighted by molar-refractivity contribution is 0.627. The molecule has 0 aliphatic heterocycles. The van der Waals surface area contributed by atoms with E-state index in [2.05, 4.69) is 21.8 Å². The van der Waals surface area contributed by atoms with Crippen molar-refractivity contribution in [2.45, 2.75) is 13.8 Å². The second kappa shape index (κ2) is 5.82. The summed E-state index contributed by atoms with van der Waals surface area (Å²) in [7, 11) is 0. The van der Waals surface area contributed by atoms with Crippen LogP contribution in [0.3, 0.4) is 0 Å². The largest absolute Gasteiger partial charge is 0.300 e. The predicted molar refractivity (Wildman–Crippen MR) is 83.2 cm³/mol. The van der Waals surface area contributed by atoms with Gasteiger partial charge in [0.05, 0.1) is 5.69 Å². The lowest BCUT2D eigenvalue weighted by Gasteiger charge is -2.07. The maximum absolute atomic E-state index is 13.1. The van der Waals surface area contributed by atoms with Crippen LogP contribution in [0.1, 0.15) is 22.8 Å². The quantitative estimate of drug-likeness (QED) is 0.643. The van der Waals surface area contributed by atoms with E-state index in [1.165, 1.54) is 12.1 Å². The number of rotatable bonds is 1. The third kappa shape index (κ3) is 2.75. The number of nitrogens with zero attached hydrogens (tertiary/aromatic N) is 3. The number of pyridine rings is 1. The third-order valence-electron chi connectivity index (χ3n) is 3.37. The number of hydrogen-bond donors (Lipinski definition) is 0. The van der Waals surface area contributed by atoms with E-state index in [4.69, 9.17) is 0 Å². The highest BCUT2D eigenvalue weighted by molar-refractivity contribution is 5.45. The Hall–Kier alpha value is -2.93. The molecule has 2 aromatic heterocycles. The molecule has 0 unspecified atom stereocenters. The first kappa shape index (κ1) is 14.0. The van der Waals surface area contributed by atoms with E-state index in [0.717, 1.165) is 28.5 Å². The zero-order valence-electron chi connectivity index (χ0n) is 12.3. The SMILES string of the molecule is Cc1nc(C#Cc2ccncc2)c(C)n1-c1ccc(F)cc1. The van der Waals surface area contributed by atoms with Gasteiger partial charge in [0, 0.05) is 23.6 Å². The van der Waals surface area contributed by atoms with Gasteiger partial charge in [0.15, 0.2) is 0 Å². The van der Waals surface area contributed by atoms with Crippen molar-refractivity contribution in [2.75, 3.05) is 0 Å². The molecule has 22 heavy (non-hydrogen) atoms. The number of benzene rings is 1. The normalized spacial score (nSPS) is 10.1. The molecule has 3 aromatic rings. The van der Waals surface area contributed by atoms with E-state index < -0.39 is 0 Å². The van der Waals surface area contributed by atoms with Gasteiger partial charge in [0.1, 0.15) is 17.3 Å². The van der Waals surface area contributed by atoms with Crippen molar-refractivity contribution in [1.82, 2.24) is 14.5 Å². The van der Waals surface area contributed by atoms with E-state index in [0.29, 0.717) is 0 Å². The molecule has 0 amide bonds. The molecule has 0 radical (unpaired) electrons. The van der Waals surface area contributed by atoms with Gasteiger partial charge in [-0.3, -0.25) is 9.55 Å². The Morgan fingerprint density at radius 1 is 0.955 bits per heavy atom. The molecule has 0 N–H and O–H groups in total. The molecule has 0 bridgehead atoms. The van der Waals surface area contributed by atoms with Gasteiger partial charge in [-0.15, -0.1) is 0 Å².